The van der Waals surface area contributed by atoms with Gasteiger partial charge in [0.05, 0.1) is 12.2 Å². The van der Waals surface area contributed by atoms with E-state index in [0.717, 1.165) is 5.92 Å². The van der Waals surface area contributed by atoms with Crippen LogP contribution in [0, 0.1) is 5.92 Å². The van der Waals surface area contributed by atoms with Gasteiger partial charge in [0.1, 0.15) is 0 Å². The van der Waals surface area contributed by atoms with E-state index < -0.39 is 0 Å². The Bertz CT molecular complexity index is 80.9. The maximum absolute atomic E-state index is 5.22. The molecular formula is C10H22O. The average Bonchev–Trinajstić information content (AvgIpc) is 2.68. The number of fused-ring (bicyclic) bond motifs is 1. The van der Waals surface area contributed by atoms with Crippen LogP contribution in [0.1, 0.15) is 47.5 Å². The molecule has 0 amide bonds. The van der Waals surface area contributed by atoms with Gasteiger partial charge in [0.15, 0.2) is 0 Å². The van der Waals surface area contributed by atoms with Crippen molar-refractivity contribution in [1.29, 1.82) is 0 Å². The molecule has 2 rings (SSSR count). The highest BCUT2D eigenvalue weighted by atomic mass is 16.6. The Morgan fingerprint density at radius 2 is 1.27 bits per heavy atom. The first kappa shape index (κ1) is 11.0. The minimum absolute atomic E-state index is 0.690. The normalized spacial score (nSPS) is 37.4. The summed E-state index contributed by atoms with van der Waals surface area (Å²) in [6.45, 7) is 10.3. The highest BCUT2D eigenvalue weighted by Crippen LogP contribution is 2.41. The van der Waals surface area contributed by atoms with Crippen LogP contribution < -0.4 is 0 Å². The number of epoxide rings is 1. The molecule has 0 spiro atoms. The first-order chi connectivity index (χ1) is 5.36. The topological polar surface area (TPSA) is 12.5 Å². The van der Waals surface area contributed by atoms with Crippen molar-refractivity contribution in [3.63, 3.8) is 0 Å². The fourth-order valence-electron chi connectivity index (χ4n) is 1.48. The van der Waals surface area contributed by atoms with Crippen LogP contribution in [0.5, 0.6) is 0 Å². The van der Waals surface area contributed by atoms with Gasteiger partial charge in [0.2, 0.25) is 0 Å². The van der Waals surface area contributed by atoms with Crippen LogP contribution in [0.25, 0.3) is 0 Å². The second-order valence-corrected chi connectivity index (χ2v) is 2.79. The Morgan fingerprint density at radius 3 is 1.45 bits per heavy atom. The van der Waals surface area contributed by atoms with Gasteiger partial charge in [-0.2, -0.15) is 0 Å². The summed E-state index contributed by atoms with van der Waals surface area (Å²) in [6, 6.07) is 0. The number of hydrogen-bond acceptors (Lipinski definition) is 1. The lowest BCUT2D eigenvalue weighted by Gasteiger charge is -1.98. The Balaban J connectivity index is 0.000000222. The average molecular weight is 158 g/mol. The molecular weight excluding hydrogens is 136 g/mol. The third-order valence-corrected chi connectivity index (χ3v) is 1.96. The lowest BCUT2D eigenvalue weighted by molar-refractivity contribution is 0.283. The van der Waals surface area contributed by atoms with Gasteiger partial charge in [-0.05, 0) is 18.8 Å². The molecule has 0 N–H and O–H groups in total. The molecule has 2 aliphatic rings. The molecule has 68 valence electrons. The molecule has 2 atom stereocenters. The summed E-state index contributed by atoms with van der Waals surface area (Å²) in [5.41, 5.74) is 0. The summed E-state index contributed by atoms with van der Waals surface area (Å²) in [5, 5.41) is 0. The van der Waals surface area contributed by atoms with E-state index in [1.807, 2.05) is 27.7 Å². The van der Waals surface area contributed by atoms with Crippen molar-refractivity contribution >= 4 is 0 Å². The highest BCUT2D eigenvalue weighted by Gasteiger charge is 2.45. The molecule has 11 heavy (non-hydrogen) atoms. The van der Waals surface area contributed by atoms with Gasteiger partial charge < -0.3 is 4.74 Å². The Hall–Kier alpha value is -0.0400. The third-order valence-electron chi connectivity index (χ3n) is 1.96. The smallest absolute Gasteiger partial charge is 0.0844 e. The number of hydrogen-bond donors (Lipinski definition) is 0. The highest BCUT2D eigenvalue weighted by molar-refractivity contribution is 4.93. The van der Waals surface area contributed by atoms with Crippen LogP contribution in [-0.4, -0.2) is 12.2 Å². The molecule has 0 aromatic carbocycles. The molecule has 1 heteroatoms. The van der Waals surface area contributed by atoms with E-state index in [9.17, 15) is 0 Å². The first-order valence-electron chi connectivity index (χ1n) is 5.02. The van der Waals surface area contributed by atoms with E-state index in [0.29, 0.717) is 12.2 Å². The maximum Gasteiger partial charge on any atom is 0.0844 e. The Kier molecular flexibility index (Phi) is 5.57. The number of ether oxygens (including phenoxy) is 1. The minimum Gasteiger partial charge on any atom is -0.370 e. The molecule has 2 unspecified atom stereocenters. The zero-order chi connectivity index (χ0) is 8.85. The predicted octanol–water partition coefficient (Wildman–Crippen LogP) is 3.24. The molecule has 0 radical (unpaired) electrons. The summed E-state index contributed by atoms with van der Waals surface area (Å²) in [6.07, 6.45) is 4.03. The van der Waals surface area contributed by atoms with Gasteiger partial charge in [-0.1, -0.05) is 34.6 Å². The molecule has 1 saturated heterocycles. The standard InChI is InChI=1S/C6H10O.2C2H6/c1-4-2-5-6(3-4)7-5;2*1-2/h4-6H,2-3H2,1H3;2*1-2H3. The van der Waals surface area contributed by atoms with Crippen molar-refractivity contribution in [3.05, 3.63) is 0 Å². The second-order valence-electron chi connectivity index (χ2n) is 2.79. The van der Waals surface area contributed by atoms with Gasteiger partial charge in [0, 0.05) is 0 Å². The summed E-state index contributed by atoms with van der Waals surface area (Å²) in [7, 11) is 0. The SMILES string of the molecule is CC.CC.CC1CC2OC2C1. The maximum atomic E-state index is 5.22. The van der Waals surface area contributed by atoms with Crippen LogP contribution >= 0.6 is 0 Å². The summed E-state index contributed by atoms with van der Waals surface area (Å²) in [4.78, 5) is 0. The van der Waals surface area contributed by atoms with E-state index in [2.05, 4.69) is 6.92 Å². The van der Waals surface area contributed by atoms with Gasteiger partial charge in [-0.3, -0.25) is 0 Å². The van der Waals surface area contributed by atoms with Crippen molar-refractivity contribution < 1.29 is 4.74 Å². The molecule has 2 fully saturated rings. The van der Waals surface area contributed by atoms with Crippen LogP contribution in [0.2, 0.25) is 0 Å². The van der Waals surface area contributed by atoms with Gasteiger partial charge in [-0.15, -0.1) is 0 Å². The molecule has 1 aliphatic carbocycles. The largest absolute Gasteiger partial charge is 0.370 e. The van der Waals surface area contributed by atoms with Crippen molar-refractivity contribution in [1.82, 2.24) is 0 Å². The van der Waals surface area contributed by atoms with Gasteiger partial charge in [0.25, 0.3) is 0 Å². The lowest BCUT2D eigenvalue weighted by atomic mass is 10.1. The lowest BCUT2D eigenvalue weighted by Crippen LogP contribution is -1.90. The Labute approximate surface area is 71.1 Å². The summed E-state index contributed by atoms with van der Waals surface area (Å²) >= 11 is 0. The molecule has 0 bridgehead atoms. The summed E-state index contributed by atoms with van der Waals surface area (Å²) < 4.78 is 5.22. The minimum atomic E-state index is 0.690. The zero-order valence-electron chi connectivity index (χ0n) is 8.55. The van der Waals surface area contributed by atoms with Crippen molar-refractivity contribution in [2.45, 2.75) is 59.7 Å². The molecule has 0 aromatic rings. The van der Waals surface area contributed by atoms with E-state index >= 15 is 0 Å². The monoisotopic (exact) mass is 158 g/mol. The van der Waals surface area contributed by atoms with E-state index in [1.165, 1.54) is 12.8 Å². The third kappa shape index (κ3) is 3.24. The van der Waals surface area contributed by atoms with Crippen LogP contribution in [0.3, 0.4) is 0 Å². The number of rotatable bonds is 0. The van der Waals surface area contributed by atoms with Crippen LogP contribution in [-0.2, 0) is 4.74 Å². The fourth-order valence-corrected chi connectivity index (χ4v) is 1.48. The van der Waals surface area contributed by atoms with Crippen molar-refractivity contribution in [2.75, 3.05) is 0 Å². The zero-order valence-corrected chi connectivity index (χ0v) is 8.55. The predicted molar refractivity (Wildman–Crippen MR) is 49.8 cm³/mol. The molecule has 0 aromatic heterocycles. The summed E-state index contributed by atoms with van der Waals surface area (Å²) in [5.74, 6) is 0.948. The van der Waals surface area contributed by atoms with Crippen LogP contribution in [0.15, 0.2) is 0 Å². The van der Waals surface area contributed by atoms with Gasteiger partial charge in [-0.25, -0.2) is 0 Å². The van der Waals surface area contributed by atoms with E-state index in [-0.39, 0.29) is 0 Å². The fraction of sp³-hybridized carbons (Fsp3) is 1.00. The Morgan fingerprint density at radius 1 is 0.909 bits per heavy atom. The molecule has 1 aliphatic heterocycles. The first-order valence-corrected chi connectivity index (χ1v) is 5.02. The van der Waals surface area contributed by atoms with Crippen molar-refractivity contribution in [2.24, 2.45) is 5.92 Å². The van der Waals surface area contributed by atoms with Gasteiger partial charge >= 0.3 is 0 Å². The molecule has 1 nitrogen and oxygen atoms in total. The van der Waals surface area contributed by atoms with E-state index in [1.54, 1.807) is 0 Å². The van der Waals surface area contributed by atoms with Crippen LogP contribution in [0.4, 0.5) is 0 Å². The molecule has 1 heterocycles. The second kappa shape index (κ2) is 5.59. The molecule has 1 saturated carbocycles. The quantitative estimate of drug-likeness (QED) is 0.493. The van der Waals surface area contributed by atoms with E-state index in [4.69, 9.17) is 4.74 Å². The van der Waals surface area contributed by atoms with Crippen molar-refractivity contribution in [3.8, 4) is 0 Å².